The van der Waals surface area contributed by atoms with E-state index in [4.69, 9.17) is 4.98 Å². The number of benzene rings is 1. The zero-order chi connectivity index (χ0) is 15.1. The van der Waals surface area contributed by atoms with Gasteiger partial charge in [-0.05, 0) is 43.7 Å². The summed E-state index contributed by atoms with van der Waals surface area (Å²) in [5, 5.41) is 8.14. The highest BCUT2D eigenvalue weighted by atomic mass is 15.1. The van der Waals surface area contributed by atoms with Gasteiger partial charge in [0, 0.05) is 22.8 Å². The fourth-order valence-electron chi connectivity index (χ4n) is 2.72. The van der Waals surface area contributed by atoms with Gasteiger partial charge in [-0.25, -0.2) is 9.97 Å². The summed E-state index contributed by atoms with van der Waals surface area (Å²) >= 11 is 0. The van der Waals surface area contributed by atoms with Crippen LogP contribution in [0.15, 0.2) is 42.9 Å². The predicted molar refractivity (Wildman–Crippen MR) is 86.4 cm³/mol. The Kier molecular flexibility index (Phi) is 2.79. The van der Waals surface area contributed by atoms with Crippen LogP contribution in [0.25, 0.3) is 33.5 Å². The first-order chi connectivity index (χ1) is 10.7. The van der Waals surface area contributed by atoms with E-state index in [0.29, 0.717) is 0 Å². The largest absolute Gasteiger partial charge is 0.348 e. The Morgan fingerprint density at radius 1 is 1.05 bits per heavy atom. The van der Waals surface area contributed by atoms with Gasteiger partial charge >= 0.3 is 0 Å². The van der Waals surface area contributed by atoms with Crippen LogP contribution in [0.4, 0.5) is 0 Å². The Bertz CT molecular complexity index is 951. The van der Waals surface area contributed by atoms with Crippen molar-refractivity contribution in [2.75, 3.05) is 0 Å². The van der Waals surface area contributed by atoms with Gasteiger partial charge in [0.25, 0.3) is 0 Å². The second kappa shape index (κ2) is 4.80. The molecular weight excluding hydrogens is 274 g/mol. The van der Waals surface area contributed by atoms with E-state index in [0.717, 1.165) is 39.2 Å². The molecule has 0 fully saturated rings. The number of fused-ring (bicyclic) bond motifs is 1. The summed E-state index contributed by atoms with van der Waals surface area (Å²) in [4.78, 5) is 12.2. The Hall–Kier alpha value is -2.95. The van der Waals surface area contributed by atoms with Crippen LogP contribution in [0, 0.1) is 13.8 Å². The third-order valence-corrected chi connectivity index (χ3v) is 3.90. The molecule has 0 unspecified atom stereocenters. The Labute approximate surface area is 127 Å². The molecule has 2 N–H and O–H groups in total. The second-order valence-electron chi connectivity index (χ2n) is 5.40. The summed E-state index contributed by atoms with van der Waals surface area (Å²) in [5.41, 5.74) is 7.11. The topological polar surface area (TPSA) is 70.2 Å². The normalized spacial score (nSPS) is 11.2. The first kappa shape index (κ1) is 12.8. The number of rotatable bonds is 2. The first-order valence-corrected chi connectivity index (χ1v) is 7.14. The minimum Gasteiger partial charge on any atom is -0.348 e. The lowest BCUT2D eigenvalue weighted by atomic mass is 10.0. The number of hydrogen-bond donors (Lipinski definition) is 2. The third kappa shape index (κ3) is 1.98. The standard InChI is InChI=1S/C17H15N5/c1-10-7-16(17-11(2)18-9-19-17)21-15-4-3-12(8-13(10)15)14-5-6-20-22-14/h3-9H,1-2H3,(H,18,19)(H,20,22). The number of nitrogens with one attached hydrogen (secondary N) is 2. The molecule has 3 aromatic heterocycles. The summed E-state index contributed by atoms with van der Waals surface area (Å²) in [6.07, 6.45) is 3.46. The Morgan fingerprint density at radius 3 is 2.68 bits per heavy atom. The van der Waals surface area contributed by atoms with E-state index >= 15 is 0 Å². The number of aryl methyl sites for hydroxylation is 2. The van der Waals surface area contributed by atoms with Gasteiger partial charge in [-0.1, -0.05) is 6.07 Å². The molecule has 0 amide bonds. The molecule has 4 rings (SSSR count). The highest BCUT2D eigenvalue weighted by Gasteiger charge is 2.10. The van der Waals surface area contributed by atoms with Gasteiger partial charge in [-0.3, -0.25) is 5.10 Å². The zero-order valence-electron chi connectivity index (χ0n) is 12.4. The Balaban J connectivity index is 1.90. The van der Waals surface area contributed by atoms with E-state index in [1.807, 2.05) is 19.1 Å². The number of imidazole rings is 1. The van der Waals surface area contributed by atoms with Crippen LogP contribution < -0.4 is 0 Å². The quantitative estimate of drug-likeness (QED) is 0.592. The van der Waals surface area contributed by atoms with Crippen molar-refractivity contribution < 1.29 is 0 Å². The van der Waals surface area contributed by atoms with E-state index in [9.17, 15) is 0 Å². The average molecular weight is 289 g/mol. The predicted octanol–water partition coefficient (Wildman–Crippen LogP) is 3.63. The molecular formula is C17H15N5. The fourth-order valence-corrected chi connectivity index (χ4v) is 2.72. The van der Waals surface area contributed by atoms with E-state index < -0.39 is 0 Å². The first-order valence-electron chi connectivity index (χ1n) is 7.14. The minimum absolute atomic E-state index is 0.901. The minimum atomic E-state index is 0.901. The molecule has 0 aliphatic rings. The van der Waals surface area contributed by atoms with Crippen LogP contribution in [0.2, 0.25) is 0 Å². The lowest BCUT2D eigenvalue weighted by molar-refractivity contribution is 1.10. The van der Waals surface area contributed by atoms with Crippen LogP contribution in [0.3, 0.4) is 0 Å². The lowest BCUT2D eigenvalue weighted by Crippen LogP contribution is -1.91. The third-order valence-electron chi connectivity index (χ3n) is 3.90. The molecule has 0 saturated heterocycles. The maximum atomic E-state index is 4.75. The molecule has 0 spiro atoms. The smallest absolute Gasteiger partial charge is 0.109 e. The molecule has 0 radical (unpaired) electrons. The molecule has 1 aromatic carbocycles. The number of H-pyrrole nitrogens is 2. The number of aromatic nitrogens is 5. The fraction of sp³-hybridized carbons (Fsp3) is 0.118. The molecule has 5 nitrogen and oxygen atoms in total. The Morgan fingerprint density at radius 2 is 1.95 bits per heavy atom. The van der Waals surface area contributed by atoms with Crippen molar-refractivity contribution >= 4 is 10.9 Å². The average Bonchev–Trinajstić information content (AvgIpc) is 3.18. The molecule has 0 aliphatic heterocycles. The lowest BCUT2D eigenvalue weighted by Gasteiger charge is -2.07. The van der Waals surface area contributed by atoms with Crippen molar-refractivity contribution in [1.82, 2.24) is 25.1 Å². The second-order valence-corrected chi connectivity index (χ2v) is 5.40. The van der Waals surface area contributed by atoms with Crippen molar-refractivity contribution in [3.63, 3.8) is 0 Å². The maximum Gasteiger partial charge on any atom is 0.109 e. The number of aromatic amines is 2. The van der Waals surface area contributed by atoms with Crippen LogP contribution >= 0.6 is 0 Å². The number of hydrogen-bond acceptors (Lipinski definition) is 3. The highest BCUT2D eigenvalue weighted by Crippen LogP contribution is 2.28. The van der Waals surface area contributed by atoms with E-state index in [1.54, 1.807) is 12.5 Å². The summed E-state index contributed by atoms with van der Waals surface area (Å²) in [5.74, 6) is 0. The summed E-state index contributed by atoms with van der Waals surface area (Å²) < 4.78 is 0. The molecule has 4 aromatic rings. The van der Waals surface area contributed by atoms with Crippen molar-refractivity contribution in [1.29, 1.82) is 0 Å². The van der Waals surface area contributed by atoms with Crippen molar-refractivity contribution in [2.45, 2.75) is 13.8 Å². The van der Waals surface area contributed by atoms with Crippen LogP contribution in [0.1, 0.15) is 11.3 Å². The SMILES string of the molecule is Cc1[nH]cnc1-c1cc(C)c2cc(-c3ccn[nH]3)ccc2n1. The van der Waals surface area contributed by atoms with Crippen LogP contribution in [-0.4, -0.2) is 25.1 Å². The van der Waals surface area contributed by atoms with Crippen LogP contribution in [-0.2, 0) is 0 Å². The van der Waals surface area contributed by atoms with Crippen LogP contribution in [0.5, 0.6) is 0 Å². The summed E-state index contributed by atoms with van der Waals surface area (Å²) in [6.45, 7) is 4.11. The monoisotopic (exact) mass is 289 g/mol. The van der Waals surface area contributed by atoms with Crippen molar-refractivity contribution in [2.24, 2.45) is 0 Å². The van der Waals surface area contributed by atoms with Gasteiger partial charge in [0.2, 0.25) is 0 Å². The van der Waals surface area contributed by atoms with Crippen molar-refractivity contribution in [3.05, 3.63) is 54.1 Å². The molecule has 108 valence electrons. The van der Waals surface area contributed by atoms with E-state index in [1.165, 1.54) is 5.56 Å². The molecule has 0 aliphatic carbocycles. The molecule has 0 bridgehead atoms. The zero-order valence-corrected chi connectivity index (χ0v) is 12.4. The van der Waals surface area contributed by atoms with E-state index in [-0.39, 0.29) is 0 Å². The number of pyridine rings is 1. The molecule has 0 atom stereocenters. The van der Waals surface area contributed by atoms with Gasteiger partial charge in [-0.2, -0.15) is 5.10 Å². The van der Waals surface area contributed by atoms with Gasteiger partial charge in [-0.15, -0.1) is 0 Å². The molecule has 3 heterocycles. The maximum absolute atomic E-state index is 4.75. The van der Waals surface area contributed by atoms with Gasteiger partial charge < -0.3 is 4.98 Å². The molecule has 5 heteroatoms. The highest BCUT2D eigenvalue weighted by molar-refractivity contribution is 5.88. The van der Waals surface area contributed by atoms with E-state index in [2.05, 4.69) is 45.3 Å². The van der Waals surface area contributed by atoms with Gasteiger partial charge in [0.1, 0.15) is 5.69 Å². The molecule has 0 saturated carbocycles. The summed E-state index contributed by atoms with van der Waals surface area (Å²) in [6, 6.07) is 10.3. The van der Waals surface area contributed by atoms with Crippen molar-refractivity contribution in [3.8, 4) is 22.6 Å². The number of nitrogens with zero attached hydrogens (tertiary/aromatic N) is 3. The summed E-state index contributed by atoms with van der Waals surface area (Å²) in [7, 11) is 0. The molecule has 22 heavy (non-hydrogen) atoms. The van der Waals surface area contributed by atoms with Gasteiger partial charge in [0.15, 0.2) is 0 Å². The van der Waals surface area contributed by atoms with Gasteiger partial charge in [0.05, 0.1) is 23.2 Å².